The minimum atomic E-state index is 0.570. The van der Waals surface area contributed by atoms with Crippen LogP contribution in [-0.4, -0.2) is 22.8 Å². The Balaban J connectivity index is 1.28. The molecule has 0 aliphatic heterocycles. The molecule has 1 aromatic heterocycles. The smallest absolute Gasteiger partial charge is 0.315 e. The van der Waals surface area contributed by atoms with E-state index in [0.717, 1.165) is 12.5 Å². The quantitative estimate of drug-likeness (QED) is 0.772. The molecule has 2 N–H and O–H groups in total. The Bertz CT molecular complexity index is 432. The molecule has 0 radical (unpaired) electrons. The lowest BCUT2D eigenvalue weighted by atomic mass is 10.0. The third-order valence-electron chi connectivity index (χ3n) is 4.51. The molecule has 3 aliphatic rings. The van der Waals surface area contributed by atoms with Gasteiger partial charge in [0, 0.05) is 12.6 Å². The summed E-state index contributed by atoms with van der Waals surface area (Å²) in [5.41, 5.74) is 0.570. The summed E-state index contributed by atoms with van der Waals surface area (Å²) in [4.78, 5) is 0. The minimum absolute atomic E-state index is 0.570. The van der Waals surface area contributed by atoms with Crippen molar-refractivity contribution in [3.05, 3.63) is 5.89 Å². The topological polar surface area (TPSA) is 63.0 Å². The van der Waals surface area contributed by atoms with E-state index in [1.165, 1.54) is 38.5 Å². The van der Waals surface area contributed by atoms with Crippen molar-refractivity contribution in [1.82, 2.24) is 15.5 Å². The first-order valence-electron chi connectivity index (χ1n) is 7.14. The molecule has 3 aliphatic carbocycles. The van der Waals surface area contributed by atoms with Crippen LogP contribution >= 0.6 is 0 Å². The summed E-state index contributed by atoms with van der Waals surface area (Å²) in [6.07, 6.45) is 8.14. The molecule has 1 heterocycles. The SMILES string of the molecule is C(NC1CC1)c1nnc(NCC2(C3CC3)CC2)o1. The summed E-state index contributed by atoms with van der Waals surface area (Å²) in [7, 11) is 0. The highest BCUT2D eigenvalue weighted by atomic mass is 16.4. The van der Waals surface area contributed by atoms with Gasteiger partial charge < -0.3 is 15.1 Å². The van der Waals surface area contributed by atoms with Crippen molar-refractivity contribution in [2.75, 3.05) is 11.9 Å². The van der Waals surface area contributed by atoms with Crippen LogP contribution < -0.4 is 10.6 Å². The fourth-order valence-corrected chi connectivity index (χ4v) is 2.75. The molecular formula is C13H20N4O. The van der Waals surface area contributed by atoms with Crippen molar-refractivity contribution in [2.24, 2.45) is 11.3 Å². The number of hydrogen-bond donors (Lipinski definition) is 2. The third-order valence-corrected chi connectivity index (χ3v) is 4.51. The van der Waals surface area contributed by atoms with Crippen LogP contribution in [0, 0.1) is 11.3 Å². The predicted octanol–water partition coefficient (Wildman–Crippen LogP) is 1.92. The van der Waals surface area contributed by atoms with Crippen LogP contribution in [0.1, 0.15) is 44.4 Å². The molecule has 1 aromatic rings. The zero-order valence-corrected chi connectivity index (χ0v) is 10.6. The first-order valence-corrected chi connectivity index (χ1v) is 7.14. The number of anilines is 1. The van der Waals surface area contributed by atoms with Crippen LogP contribution in [0.4, 0.5) is 6.01 Å². The highest BCUT2D eigenvalue weighted by Crippen LogP contribution is 2.61. The van der Waals surface area contributed by atoms with Gasteiger partial charge in [-0.2, -0.15) is 0 Å². The molecule has 0 unspecified atom stereocenters. The van der Waals surface area contributed by atoms with E-state index >= 15 is 0 Å². The normalized spacial score (nSPS) is 25.1. The second kappa shape index (κ2) is 3.95. The Hall–Kier alpha value is -1.10. The van der Waals surface area contributed by atoms with E-state index in [9.17, 15) is 0 Å². The molecule has 0 saturated heterocycles. The van der Waals surface area contributed by atoms with Crippen LogP contribution in [0.15, 0.2) is 4.42 Å². The number of rotatable bonds is 7. The Kier molecular flexibility index (Phi) is 2.37. The van der Waals surface area contributed by atoms with Crippen molar-refractivity contribution in [1.29, 1.82) is 0 Å². The van der Waals surface area contributed by atoms with Crippen molar-refractivity contribution < 1.29 is 4.42 Å². The standard InChI is InChI=1S/C13H20N4O/c1-2-9(1)13(5-6-13)8-15-12-17-16-11(18-12)7-14-10-3-4-10/h9-10,14H,1-8H2,(H,15,17). The third kappa shape index (κ3) is 2.23. The fourth-order valence-electron chi connectivity index (χ4n) is 2.75. The molecule has 5 nitrogen and oxygen atoms in total. The first kappa shape index (κ1) is 10.8. The summed E-state index contributed by atoms with van der Waals surface area (Å²) < 4.78 is 5.59. The van der Waals surface area contributed by atoms with Crippen molar-refractivity contribution >= 4 is 6.01 Å². The van der Waals surface area contributed by atoms with Crippen LogP contribution in [0.2, 0.25) is 0 Å². The van der Waals surface area contributed by atoms with Crippen LogP contribution in [0.3, 0.4) is 0 Å². The fraction of sp³-hybridized carbons (Fsp3) is 0.846. The number of hydrogen-bond acceptors (Lipinski definition) is 5. The maximum Gasteiger partial charge on any atom is 0.315 e. The van der Waals surface area contributed by atoms with Gasteiger partial charge in [-0.3, -0.25) is 0 Å². The summed E-state index contributed by atoms with van der Waals surface area (Å²) in [5.74, 6) is 1.66. The lowest BCUT2D eigenvalue weighted by Crippen LogP contribution is -2.17. The largest absolute Gasteiger partial charge is 0.407 e. The van der Waals surface area contributed by atoms with Gasteiger partial charge in [-0.15, -0.1) is 5.10 Å². The molecule has 3 saturated carbocycles. The van der Waals surface area contributed by atoms with Crippen molar-refractivity contribution in [3.63, 3.8) is 0 Å². The highest BCUT2D eigenvalue weighted by Gasteiger charge is 2.53. The lowest BCUT2D eigenvalue weighted by molar-refractivity contribution is 0.444. The molecule has 98 valence electrons. The molecule has 3 fully saturated rings. The molecule has 0 amide bonds. The van der Waals surface area contributed by atoms with E-state index in [1.54, 1.807) is 0 Å². The zero-order chi connectivity index (χ0) is 12.0. The van der Waals surface area contributed by atoms with Crippen molar-refractivity contribution in [3.8, 4) is 0 Å². The van der Waals surface area contributed by atoms with E-state index in [2.05, 4.69) is 20.8 Å². The Morgan fingerprint density at radius 1 is 1.17 bits per heavy atom. The monoisotopic (exact) mass is 248 g/mol. The van der Waals surface area contributed by atoms with E-state index in [4.69, 9.17) is 4.42 Å². The van der Waals surface area contributed by atoms with E-state index in [1.807, 2.05) is 0 Å². The van der Waals surface area contributed by atoms with Gasteiger partial charge >= 0.3 is 6.01 Å². The van der Waals surface area contributed by atoms with Gasteiger partial charge in [0.2, 0.25) is 5.89 Å². The van der Waals surface area contributed by atoms with Gasteiger partial charge in [0.05, 0.1) is 6.54 Å². The summed E-state index contributed by atoms with van der Waals surface area (Å²) in [5, 5.41) is 14.8. The number of nitrogens with zero attached hydrogens (tertiary/aromatic N) is 2. The summed E-state index contributed by atoms with van der Waals surface area (Å²) in [6.45, 7) is 1.71. The average molecular weight is 248 g/mol. The van der Waals surface area contributed by atoms with Crippen LogP contribution in [0.25, 0.3) is 0 Å². The van der Waals surface area contributed by atoms with Gasteiger partial charge in [0.25, 0.3) is 0 Å². The molecular weight excluding hydrogens is 228 g/mol. The number of nitrogens with one attached hydrogen (secondary N) is 2. The Morgan fingerprint density at radius 2 is 2.00 bits per heavy atom. The highest BCUT2D eigenvalue weighted by molar-refractivity contribution is 5.21. The van der Waals surface area contributed by atoms with Gasteiger partial charge in [0.1, 0.15) is 0 Å². The summed E-state index contributed by atoms with van der Waals surface area (Å²) in [6, 6.07) is 1.27. The summed E-state index contributed by atoms with van der Waals surface area (Å²) >= 11 is 0. The van der Waals surface area contributed by atoms with Crippen LogP contribution in [0.5, 0.6) is 0 Å². The second-order valence-corrected chi connectivity index (χ2v) is 6.15. The maximum absolute atomic E-state index is 5.59. The maximum atomic E-state index is 5.59. The van der Waals surface area contributed by atoms with E-state index < -0.39 is 0 Å². The van der Waals surface area contributed by atoms with E-state index in [-0.39, 0.29) is 0 Å². The zero-order valence-electron chi connectivity index (χ0n) is 10.6. The number of aromatic nitrogens is 2. The Morgan fingerprint density at radius 3 is 2.67 bits per heavy atom. The molecule has 5 heteroatoms. The predicted molar refractivity (Wildman–Crippen MR) is 67.0 cm³/mol. The van der Waals surface area contributed by atoms with Gasteiger partial charge in [-0.05, 0) is 49.9 Å². The molecule has 0 bridgehead atoms. The lowest BCUT2D eigenvalue weighted by Gasteiger charge is -2.13. The molecule has 0 spiro atoms. The average Bonchev–Trinajstić information content (AvgIpc) is 3.22. The van der Waals surface area contributed by atoms with Crippen molar-refractivity contribution in [2.45, 2.75) is 51.1 Å². The van der Waals surface area contributed by atoms with Gasteiger partial charge in [0.15, 0.2) is 0 Å². The molecule has 0 aromatic carbocycles. The van der Waals surface area contributed by atoms with Gasteiger partial charge in [-0.1, -0.05) is 5.10 Å². The molecule has 18 heavy (non-hydrogen) atoms. The Labute approximate surface area is 107 Å². The van der Waals surface area contributed by atoms with E-state index in [0.29, 0.717) is 29.9 Å². The molecule has 4 rings (SSSR count). The van der Waals surface area contributed by atoms with Crippen LogP contribution in [-0.2, 0) is 6.54 Å². The van der Waals surface area contributed by atoms with Gasteiger partial charge in [-0.25, -0.2) is 0 Å². The minimum Gasteiger partial charge on any atom is -0.407 e. The second-order valence-electron chi connectivity index (χ2n) is 6.15. The first-order chi connectivity index (χ1) is 8.84. The molecule has 0 atom stereocenters.